The predicted octanol–water partition coefficient (Wildman–Crippen LogP) is 2.60. The van der Waals surface area contributed by atoms with Crippen molar-refractivity contribution in [2.45, 2.75) is 0 Å². The number of ether oxygens (including phenoxy) is 1. The highest BCUT2D eigenvalue weighted by Gasteiger charge is 2.19. The summed E-state index contributed by atoms with van der Waals surface area (Å²) in [6.07, 6.45) is 0. The third kappa shape index (κ3) is 2.89. The van der Waals surface area contributed by atoms with Gasteiger partial charge in [0.1, 0.15) is 5.75 Å². The van der Waals surface area contributed by atoms with Crippen molar-refractivity contribution >= 4 is 43.4 Å². The molecule has 5 heteroatoms. The molecule has 0 aromatic heterocycles. The third-order valence-electron chi connectivity index (χ3n) is 1.78. The fraction of sp³-hybridized carbons (Fsp3) is 0.200. The van der Waals surface area contributed by atoms with Crippen molar-refractivity contribution in [3.8, 4) is 5.75 Å². The molecule has 0 atom stereocenters. The van der Waals surface area contributed by atoms with E-state index in [1.807, 2.05) is 0 Å². The molecule has 0 bridgehead atoms. The molecular formula is C10H8Br2O3. The van der Waals surface area contributed by atoms with Crippen LogP contribution in [0.2, 0.25) is 0 Å². The quantitative estimate of drug-likeness (QED) is 0.482. The number of rotatable bonds is 4. The number of Topliss-reactive ketones (excluding diaryl/α,β-unsaturated/α-hetero) is 2. The maximum Gasteiger partial charge on any atom is 0.233 e. The van der Waals surface area contributed by atoms with Crippen LogP contribution in [0.5, 0.6) is 5.75 Å². The Labute approximate surface area is 104 Å². The standard InChI is InChI=1S/C10H8Br2O3/c1-15-9-3-2-6(12)4-7(9)10(14)8(13)5-11/h2-4H,5H2,1H3. The van der Waals surface area contributed by atoms with Gasteiger partial charge in [-0.05, 0) is 18.2 Å². The number of carbonyl (C=O) groups excluding carboxylic acids is 2. The van der Waals surface area contributed by atoms with Gasteiger partial charge in [0.05, 0.1) is 18.0 Å². The molecule has 3 nitrogen and oxygen atoms in total. The average molecular weight is 336 g/mol. The van der Waals surface area contributed by atoms with E-state index in [9.17, 15) is 9.59 Å². The summed E-state index contributed by atoms with van der Waals surface area (Å²) >= 11 is 6.19. The van der Waals surface area contributed by atoms with Crippen LogP contribution in [0.1, 0.15) is 10.4 Å². The van der Waals surface area contributed by atoms with Gasteiger partial charge < -0.3 is 4.74 Å². The zero-order valence-corrected chi connectivity index (χ0v) is 11.1. The van der Waals surface area contributed by atoms with Gasteiger partial charge in [-0.15, -0.1) is 0 Å². The molecule has 0 spiro atoms. The van der Waals surface area contributed by atoms with E-state index in [0.717, 1.165) is 4.47 Å². The van der Waals surface area contributed by atoms with Crippen LogP contribution in [0.15, 0.2) is 22.7 Å². The number of carbonyl (C=O) groups is 2. The van der Waals surface area contributed by atoms with Crippen LogP contribution in [0.4, 0.5) is 0 Å². The second-order valence-electron chi connectivity index (χ2n) is 2.73. The Kier molecular flexibility index (Phi) is 4.47. The Morgan fingerprint density at radius 2 is 2.07 bits per heavy atom. The molecule has 1 rings (SSSR count). The smallest absolute Gasteiger partial charge is 0.233 e. The van der Waals surface area contributed by atoms with E-state index in [1.165, 1.54) is 7.11 Å². The van der Waals surface area contributed by atoms with Crippen LogP contribution >= 0.6 is 31.9 Å². The van der Waals surface area contributed by atoms with Gasteiger partial charge in [-0.3, -0.25) is 9.59 Å². The molecule has 1 aromatic carbocycles. The lowest BCUT2D eigenvalue weighted by Crippen LogP contribution is -2.16. The zero-order chi connectivity index (χ0) is 11.4. The Morgan fingerprint density at radius 3 is 2.60 bits per heavy atom. The first-order chi connectivity index (χ1) is 7.10. The molecule has 0 radical (unpaired) electrons. The van der Waals surface area contributed by atoms with E-state index < -0.39 is 11.6 Å². The monoisotopic (exact) mass is 334 g/mol. The molecule has 0 aliphatic rings. The highest BCUT2D eigenvalue weighted by atomic mass is 79.9. The molecule has 0 N–H and O–H groups in total. The summed E-state index contributed by atoms with van der Waals surface area (Å²) in [5.41, 5.74) is 0.274. The Hall–Kier alpha value is -0.680. The normalized spacial score (nSPS) is 9.80. The highest BCUT2D eigenvalue weighted by Crippen LogP contribution is 2.23. The highest BCUT2D eigenvalue weighted by molar-refractivity contribution is 9.10. The van der Waals surface area contributed by atoms with Gasteiger partial charge >= 0.3 is 0 Å². The van der Waals surface area contributed by atoms with Crippen LogP contribution in [0.25, 0.3) is 0 Å². The van der Waals surface area contributed by atoms with Crippen LogP contribution in [0.3, 0.4) is 0 Å². The summed E-state index contributed by atoms with van der Waals surface area (Å²) in [7, 11) is 1.46. The maximum atomic E-state index is 11.6. The molecular weight excluding hydrogens is 328 g/mol. The molecule has 0 saturated carbocycles. The van der Waals surface area contributed by atoms with Crippen molar-refractivity contribution in [1.82, 2.24) is 0 Å². The molecule has 1 aromatic rings. The van der Waals surface area contributed by atoms with E-state index in [0.29, 0.717) is 5.75 Å². The largest absolute Gasteiger partial charge is 0.496 e. The second kappa shape index (κ2) is 5.42. The van der Waals surface area contributed by atoms with Crippen molar-refractivity contribution in [2.24, 2.45) is 0 Å². The summed E-state index contributed by atoms with van der Waals surface area (Å²) in [4.78, 5) is 22.9. The maximum absolute atomic E-state index is 11.6. The number of alkyl halides is 1. The molecule has 0 amide bonds. The number of methoxy groups -OCH3 is 1. The van der Waals surface area contributed by atoms with Gasteiger partial charge in [0, 0.05) is 4.47 Å². The van der Waals surface area contributed by atoms with E-state index in [1.54, 1.807) is 18.2 Å². The molecule has 0 saturated heterocycles. The molecule has 0 heterocycles. The van der Waals surface area contributed by atoms with Crippen molar-refractivity contribution in [3.63, 3.8) is 0 Å². The third-order valence-corrected chi connectivity index (χ3v) is 2.78. The van der Waals surface area contributed by atoms with Gasteiger partial charge in [-0.25, -0.2) is 0 Å². The molecule has 0 aliphatic carbocycles. The van der Waals surface area contributed by atoms with E-state index in [2.05, 4.69) is 31.9 Å². The zero-order valence-electron chi connectivity index (χ0n) is 7.92. The lowest BCUT2D eigenvalue weighted by molar-refractivity contribution is -0.112. The molecule has 15 heavy (non-hydrogen) atoms. The number of ketones is 2. The number of hydrogen-bond acceptors (Lipinski definition) is 3. The fourth-order valence-corrected chi connectivity index (χ4v) is 1.68. The van der Waals surface area contributed by atoms with E-state index in [4.69, 9.17) is 4.74 Å². The summed E-state index contributed by atoms with van der Waals surface area (Å²) in [6, 6.07) is 4.95. The Balaban J connectivity index is 3.17. The molecule has 80 valence electrons. The summed E-state index contributed by atoms with van der Waals surface area (Å²) in [5, 5.41) is 0.0154. The van der Waals surface area contributed by atoms with Crippen molar-refractivity contribution in [3.05, 3.63) is 28.2 Å². The van der Waals surface area contributed by atoms with Crippen LogP contribution in [0, 0.1) is 0 Å². The summed E-state index contributed by atoms with van der Waals surface area (Å²) in [5.74, 6) is -0.645. The van der Waals surface area contributed by atoms with Crippen molar-refractivity contribution < 1.29 is 14.3 Å². The number of hydrogen-bond donors (Lipinski definition) is 0. The number of benzene rings is 1. The SMILES string of the molecule is COc1ccc(Br)cc1C(=O)C(=O)CBr. The van der Waals surface area contributed by atoms with E-state index in [-0.39, 0.29) is 10.9 Å². The van der Waals surface area contributed by atoms with Gasteiger partial charge in [0.15, 0.2) is 0 Å². The first kappa shape index (κ1) is 12.4. The van der Waals surface area contributed by atoms with Crippen molar-refractivity contribution in [2.75, 3.05) is 12.4 Å². The predicted molar refractivity (Wildman–Crippen MR) is 63.8 cm³/mol. The Morgan fingerprint density at radius 1 is 1.40 bits per heavy atom. The topological polar surface area (TPSA) is 43.4 Å². The van der Waals surface area contributed by atoms with E-state index >= 15 is 0 Å². The second-order valence-corrected chi connectivity index (χ2v) is 4.21. The molecule has 0 unspecified atom stereocenters. The fourth-order valence-electron chi connectivity index (χ4n) is 1.07. The minimum atomic E-state index is -0.551. The average Bonchev–Trinajstić information content (AvgIpc) is 2.27. The lowest BCUT2D eigenvalue weighted by atomic mass is 10.1. The minimum Gasteiger partial charge on any atom is -0.496 e. The summed E-state index contributed by atoms with van der Waals surface area (Å²) < 4.78 is 5.74. The summed E-state index contributed by atoms with van der Waals surface area (Å²) in [6.45, 7) is 0. The van der Waals surface area contributed by atoms with Gasteiger partial charge in [-0.1, -0.05) is 31.9 Å². The Bertz CT molecular complexity index is 402. The lowest BCUT2D eigenvalue weighted by Gasteiger charge is -2.06. The molecule has 0 aliphatic heterocycles. The van der Waals surface area contributed by atoms with Crippen molar-refractivity contribution in [1.29, 1.82) is 0 Å². The van der Waals surface area contributed by atoms with Gasteiger partial charge in [0.25, 0.3) is 0 Å². The van der Waals surface area contributed by atoms with Gasteiger partial charge in [-0.2, -0.15) is 0 Å². The number of halogens is 2. The van der Waals surface area contributed by atoms with Crippen LogP contribution in [-0.4, -0.2) is 24.0 Å². The minimum absolute atomic E-state index is 0.0154. The van der Waals surface area contributed by atoms with Gasteiger partial charge in [0.2, 0.25) is 11.6 Å². The first-order valence-corrected chi connectivity index (χ1v) is 5.98. The van der Waals surface area contributed by atoms with Crippen LogP contribution < -0.4 is 4.74 Å². The first-order valence-electron chi connectivity index (χ1n) is 4.07. The molecule has 0 fully saturated rings. The van der Waals surface area contributed by atoms with Crippen LogP contribution in [-0.2, 0) is 4.79 Å².